The lowest BCUT2D eigenvalue weighted by atomic mass is 10.1. The van der Waals surface area contributed by atoms with Crippen LogP contribution in [0.4, 0.5) is 0 Å². The fourth-order valence-electron chi connectivity index (χ4n) is 3.41. The summed E-state index contributed by atoms with van der Waals surface area (Å²) in [4.78, 5) is 15.9. The van der Waals surface area contributed by atoms with Crippen LogP contribution in [-0.2, 0) is 14.6 Å². The predicted octanol–water partition coefficient (Wildman–Crippen LogP) is 4.07. The molecule has 1 N–H and O–H groups in total. The number of sulfone groups is 1. The first-order valence-corrected chi connectivity index (χ1v) is 11.5. The lowest BCUT2D eigenvalue weighted by Crippen LogP contribution is -2.33. The number of amides is 1. The third-order valence-electron chi connectivity index (χ3n) is 4.86. The maximum absolute atomic E-state index is 13.4. The molecule has 3 rings (SSSR count). The number of aliphatic hydroxyl groups excluding tert-OH is 1. The summed E-state index contributed by atoms with van der Waals surface area (Å²) in [6, 6.07) is 11.3. The first-order valence-electron chi connectivity index (χ1n) is 9.28. The molecule has 2 aromatic carbocycles. The number of rotatable bonds is 7. The summed E-state index contributed by atoms with van der Waals surface area (Å²) >= 11 is 11.9. The SMILES string of the molecule is CN(C)CCCN1C(=O)C(O)=C(S(=O)(=O)c2ccc(Cl)cc2)C1c1ccc(Cl)cc1. The Morgan fingerprint density at radius 1 is 1.00 bits per heavy atom. The molecule has 0 saturated carbocycles. The minimum atomic E-state index is -4.15. The van der Waals surface area contributed by atoms with Crippen LogP contribution in [0.5, 0.6) is 0 Å². The lowest BCUT2D eigenvalue weighted by molar-refractivity contribution is -0.129. The molecule has 0 spiro atoms. The van der Waals surface area contributed by atoms with Crippen molar-refractivity contribution >= 4 is 38.9 Å². The third kappa shape index (κ3) is 4.49. The zero-order chi connectivity index (χ0) is 22.1. The number of nitrogens with zero attached hydrogens (tertiary/aromatic N) is 2. The molecule has 0 bridgehead atoms. The van der Waals surface area contributed by atoms with Gasteiger partial charge < -0.3 is 14.9 Å². The zero-order valence-corrected chi connectivity index (χ0v) is 18.9. The number of aliphatic hydroxyl groups is 1. The van der Waals surface area contributed by atoms with E-state index in [1.165, 1.54) is 29.2 Å². The van der Waals surface area contributed by atoms with Crippen molar-refractivity contribution in [3.8, 4) is 0 Å². The maximum Gasteiger partial charge on any atom is 0.290 e. The summed E-state index contributed by atoms with van der Waals surface area (Å²) in [7, 11) is -0.332. The summed E-state index contributed by atoms with van der Waals surface area (Å²) in [5, 5.41) is 11.5. The molecule has 30 heavy (non-hydrogen) atoms. The van der Waals surface area contributed by atoms with Crippen LogP contribution in [0.25, 0.3) is 0 Å². The Hall–Kier alpha value is -2.06. The van der Waals surface area contributed by atoms with Crippen molar-refractivity contribution in [3.63, 3.8) is 0 Å². The smallest absolute Gasteiger partial charge is 0.290 e. The van der Waals surface area contributed by atoms with Gasteiger partial charge in [0.2, 0.25) is 9.84 Å². The van der Waals surface area contributed by atoms with Gasteiger partial charge in [-0.3, -0.25) is 4.79 Å². The van der Waals surface area contributed by atoms with E-state index in [0.717, 1.165) is 0 Å². The van der Waals surface area contributed by atoms with Gasteiger partial charge in [-0.1, -0.05) is 35.3 Å². The standard InChI is InChI=1S/C21H22Cl2N2O4S/c1-24(2)12-3-13-25-18(14-4-6-15(22)7-5-14)20(19(26)21(25)27)30(28,29)17-10-8-16(23)9-11-17/h4-11,18,26H,3,12-13H2,1-2H3. The molecule has 0 radical (unpaired) electrons. The van der Waals surface area contributed by atoms with Crippen molar-refractivity contribution in [1.29, 1.82) is 0 Å². The van der Waals surface area contributed by atoms with E-state index in [4.69, 9.17) is 23.2 Å². The summed E-state index contributed by atoms with van der Waals surface area (Å²) in [5.74, 6) is -1.46. The van der Waals surface area contributed by atoms with Gasteiger partial charge in [0.1, 0.15) is 4.91 Å². The number of carbonyl (C=O) groups excluding carboxylic acids is 1. The number of halogens is 2. The molecule has 0 aliphatic carbocycles. The monoisotopic (exact) mass is 468 g/mol. The lowest BCUT2D eigenvalue weighted by Gasteiger charge is -2.27. The van der Waals surface area contributed by atoms with Gasteiger partial charge in [-0.2, -0.15) is 0 Å². The summed E-state index contributed by atoms with van der Waals surface area (Å²) in [6.07, 6.45) is 0.615. The van der Waals surface area contributed by atoms with Gasteiger partial charge in [-0.15, -0.1) is 0 Å². The Labute approximate surface area is 186 Å². The number of carbonyl (C=O) groups is 1. The van der Waals surface area contributed by atoms with Crippen LogP contribution in [0.15, 0.2) is 64.1 Å². The highest BCUT2D eigenvalue weighted by atomic mass is 35.5. The second kappa shape index (κ2) is 8.98. The quantitative estimate of drug-likeness (QED) is 0.662. The van der Waals surface area contributed by atoms with Crippen LogP contribution in [0.2, 0.25) is 10.0 Å². The normalized spacial score (nSPS) is 17.3. The summed E-state index contributed by atoms with van der Waals surface area (Å²) in [5.41, 5.74) is 0.550. The Kier molecular flexibility index (Phi) is 6.77. The van der Waals surface area contributed by atoms with Crippen molar-refractivity contribution in [1.82, 2.24) is 9.80 Å². The molecule has 1 aliphatic rings. The van der Waals surface area contributed by atoms with Gasteiger partial charge in [0.05, 0.1) is 10.9 Å². The molecule has 0 saturated heterocycles. The second-order valence-electron chi connectivity index (χ2n) is 7.28. The molecule has 0 fully saturated rings. The van der Waals surface area contributed by atoms with Gasteiger partial charge in [-0.05, 0) is 69.0 Å². The predicted molar refractivity (Wildman–Crippen MR) is 117 cm³/mol. The summed E-state index contributed by atoms with van der Waals surface area (Å²) in [6.45, 7) is 0.991. The highest BCUT2D eigenvalue weighted by Gasteiger charge is 2.46. The van der Waals surface area contributed by atoms with Gasteiger partial charge >= 0.3 is 0 Å². The fraction of sp³-hybridized carbons (Fsp3) is 0.286. The Balaban J connectivity index is 2.09. The fourth-order valence-corrected chi connectivity index (χ4v) is 5.31. The van der Waals surface area contributed by atoms with Crippen LogP contribution in [0, 0.1) is 0 Å². The minimum Gasteiger partial charge on any atom is -0.502 e. The Morgan fingerprint density at radius 3 is 2.07 bits per heavy atom. The first-order chi connectivity index (χ1) is 14.1. The van der Waals surface area contributed by atoms with Crippen molar-refractivity contribution < 1.29 is 18.3 Å². The molecule has 6 nitrogen and oxygen atoms in total. The molecule has 1 atom stereocenters. The average Bonchev–Trinajstić information content (AvgIpc) is 2.94. The largest absolute Gasteiger partial charge is 0.502 e. The van der Waals surface area contributed by atoms with Crippen molar-refractivity contribution in [2.24, 2.45) is 0 Å². The number of benzene rings is 2. The number of hydrogen-bond donors (Lipinski definition) is 1. The Bertz CT molecular complexity index is 1070. The van der Waals surface area contributed by atoms with Crippen LogP contribution < -0.4 is 0 Å². The highest BCUT2D eigenvalue weighted by Crippen LogP contribution is 2.42. The van der Waals surface area contributed by atoms with Crippen LogP contribution >= 0.6 is 23.2 Å². The van der Waals surface area contributed by atoms with Crippen LogP contribution in [0.1, 0.15) is 18.0 Å². The van der Waals surface area contributed by atoms with E-state index in [1.54, 1.807) is 24.3 Å². The van der Waals surface area contributed by atoms with Crippen molar-refractivity contribution in [3.05, 3.63) is 74.8 Å². The third-order valence-corrected chi connectivity index (χ3v) is 7.25. The first kappa shape index (κ1) is 22.6. The average molecular weight is 469 g/mol. The number of hydrogen-bond acceptors (Lipinski definition) is 5. The van der Waals surface area contributed by atoms with Gasteiger partial charge in [0.15, 0.2) is 5.76 Å². The molecule has 1 unspecified atom stereocenters. The van der Waals surface area contributed by atoms with Gasteiger partial charge in [0, 0.05) is 16.6 Å². The zero-order valence-electron chi connectivity index (χ0n) is 16.5. The van der Waals surface area contributed by atoms with E-state index in [1.807, 2.05) is 19.0 Å². The van der Waals surface area contributed by atoms with Gasteiger partial charge in [-0.25, -0.2) is 8.42 Å². The van der Waals surface area contributed by atoms with E-state index < -0.39 is 27.5 Å². The van der Waals surface area contributed by atoms with Crippen molar-refractivity contribution in [2.45, 2.75) is 17.4 Å². The Morgan fingerprint density at radius 2 is 1.53 bits per heavy atom. The molecule has 1 aliphatic heterocycles. The molecule has 0 aromatic heterocycles. The second-order valence-corrected chi connectivity index (χ2v) is 10.1. The molecule has 9 heteroatoms. The molecule has 1 heterocycles. The maximum atomic E-state index is 13.4. The minimum absolute atomic E-state index is 0.0460. The van der Waals surface area contributed by atoms with Gasteiger partial charge in [0.25, 0.3) is 5.91 Å². The van der Waals surface area contributed by atoms with E-state index in [2.05, 4.69) is 0 Å². The molecular weight excluding hydrogens is 447 g/mol. The molecule has 2 aromatic rings. The van der Waals surface area contributed by atoms with E-state index in [0.29, 0.717) is 28.6 Å². The van der Waals surface area contributed by atoms with Crippen molar-refractivity contribution in [2.75, 3.05) is 27.2 Å². The van der Waals surface area contributed by atoms with E-state index in [-0.39, 0.29) is 16.3 Å². The summed E-state index contributed by atoms with van der Waals surface area (Å²) < 4.78 is 26.8. The van der Waals surface area contributed by atoms with Crippen LogP contribution in [-0.4, -0.2) is 56.4 Å². The molecular formula is C21H22Cl2N2O4S. The highest BCUT2D eigenvalue weighted by molar-refractivity contribution is 7.95. The topological polar surface area (TPSA) is 77.9 Å². The molecule has 1 amide bonds. The van der Waals surface area contributed by atoms with E-state index >= 15 is 0 Å². The van der Waals surface area contributed by atoms with E-state index in [9.17, 15) is 18.3 Å². The molecule has 160 valence electrons. The van der Waals surface area contributed by atoms with Crippen LogP contribution in [0.3, 0.4) is 0 Å².